The fourth-order valence-corrected chi connectivity index (χ4v) is 3.71. The summed E-state index contributed by atoms with van der Waals surface area (Å²) in [5, 5.41) is 11.6. The zero-order valence-electron chi connectivity index (χ0n) is 15.7. The minimum absolute atomic E-state index is 0.0275. The fourth-order valence-electron chi connectivity index (χ4n) is 2.61. The lowest BCUT2D eigenvalue weighted by atomic mass is 10.2. The largest absolute Gasteiger partial charge is 0.397 e. The van der Waals surface area contributed by atoms with Crippen LogP contribution in [0.15, 0.2) is 83.8 Å². The van der Waals surface area contributed by atoms with E-state index in [4.69, 9.17) is 11.0 Å². The van der Waals surface area contributed by atoms with Crippen LogP contribution in [0.25, 0.3) is 6.08 Å². The van der Waals surface area contributed by atoms with Crippen molar-refractivity contribution in [3.05, 3.63) is 90.0 Å². The Morgan fingerprint density at radius 1 is 1.00 bits per heavy atom. The molecule has 0 aliphatic carbocycles. The van der Waals surface area contributed by atoms with Gasteiger partial charge in [-0.1, -0.05) is 30.3 Å². The number of hydrogen-bond donors (Lipinski definition) is 3. The standard InChI is InChI=1S/C22H18N4O3S/c23-15-17-6-3-7-18(13-17)26-30(28,29)19-8-4-5-16(14-19)11-12-22(27)25-21-10-2-1-9-20(21)24/h1-14,26H,24H2,(H,25,27)/b12-11+. The molecule has 4 N–H and O–H groups in total. The van der Waals surface area contributed by atoms with Crippen LogP contribution in [-0.2, 0) is 14.8 Å². The highest BCUT2D eigenvalue weighted by molar-refractivity contribution is 7.92. The van der Waals surface area contributed by atoms with Crippen LogP contribution in [0.2, 0.25) is 0 Å². The third-order valence-electron chi connectivity index (χ3n) is 4.06. The van der Waals surface area contributed by atoms with Crippen LogP contribution >= 0.6 is 0 Å². The first-order valence-corrected chi connectivity index (χ1v) is 10.3. The summed E-state index contributed by atoms with van der Waals surface area (Å²) >= 11 is 0. The van der Waals surface area contributed by atoms with Crippen LogP contribution in [0.4, 0.5) is 17.1 Å². The minimum atomic E-state index is -3.86. The maximum Gasteiger partial charge on any atom is 0.261 e. The molecule has 0 aromatic heterocycles. The van der Waals surface area contributed by atoms with Gasteiger partial charge >= 0.3 is 0 Å². The van der Waals surface area contributed by atoms with E-state index in [1.807, 2.05) is 6.07 Å². The average Bonchev–Trinajstić information content (AvgIpc) is 2.74. The molecule has 3 aromatic rings. The van der Waals surface area contributed by atoms with Gasteiger partial charge in [0.2, 0.25) is 5.91 Å². The molecule has 0 atom stereocenters. The molecule has 8 heteroatoms. The molecule has 0 saturated heterocycles. The third kappa shape index (κ3) is 5.25. The van der Waals surface area contributed by atoms with Crippen LogP contribution < -0.4 is 15.8 Å². The van der Waals surface area contributed by atoms with E-state index in [9.17, 15) is 13.2 Å². The summed E-state index contributed by atoms with van der Waals surface area (Å²) in [5.41, 5.74) is 7.89. The van der Waals surface area contributed by atoms with E-state index in [1.165, 1.54) is 30.4 Å². The van der Waals surface area contributed by atoms with Gasteiger partial charge in [0.15, 0.2) is 0 Å². The fraction of sp³-hybridized carbons (Fsp3) is 0. The van der Waals surface area contributed by atoms with Crippen molar-refractivity contribution in [2.24, 2.45) is 0 Å². The zero-order chi connectivity index (χ0) is 21.6. The van der Waals surface area contributed by atoms with E-state index in [2.05, 4.69) is 10.0 Å². The second-order valence-electron chi connectivity index (χ2n) is 6.28. The van der Waals surface area contributed by atoms with E-state index in [0.717, 1.165) is 0 Å². The third-order valence-corrected chi connectivity index (χ3v) is 5.44. The molecule has 150 valence electrons. The van der Waals surface area contributed by atoms with Gasteiger partial charge < -0.3 is 11.1 Å². The number of sulfonamides is 1. The smallest absolute Gasteiger partial charge is 0.261 e. The van der Waals surface area contributed by atoms with Crippen molar-refractivity contribution in [3.63, 3.8) is 0 Å². The van der Waals surface area contributed by atoms with E-state index < -0.39 is 15.9 Å². The molecule has 1 amide bonds. The SMILES string of the molecule is N#Cc1cccc(NS(=O)(=O)c2cccc(/C=C/C(=O)Nc3ccccc3N)c2)c1. The van der Waals surface area contributed by atoms with Crippen LogP contribution in [-0.4, -0.2) is 14.3 Å². The highest BCUT2D eigenvalue weighted by atomic mass is 32.2. The van der Waals surface area contributed by atoms with Crippen molar-refractivity contribution >= 4 is 39.1 Å². The maximum absolute atomic E-state index is 12.7. The van der Waals surface area contributed by atoms with Gasteiger partial charge in [-0.25, -0.2) is 8.42 Å². The van der Waals surface area contributed by atoms with E-state index in [-0.39, 0.29) is 10.6 Å². The molecule has 7 nitrogen and oxygen atoms in total. The van der Waals surface area contributed by atoms with Crippen LogP contribution in [0.5, 0.6) is 0 Å². The van der Waals surface area contributed by atoms with Crippen molar-refractivity contribution in [1.82, 2.24) is 0 Å². The Labute approximate surface area is 174 Å². The number of nitriles is 1. The summed E-state index contributed by atoms with van der Waals surface area (Å²) in [5.74, 6) is -0.396. The number of nitrogens with two attached hydrogens (primary N) is 1. The molecule has 0 aliphatic heterocycles. The van der Waals surface area contributed by atoms with Crippen LogP contribution in [0.3, 0.4) is 0 Å². The van der Waals surface area contributed by atoms with Gasteiger partial charge in [-0.05, 0) is 54.1 Å². The first kappa shape index (κ1) is 20.6. The molecule has 0 heterocycles. The molecule has 30 heavy (non-hydrogen) atoms. The van der Waals surface area contributed by atoms with Crippen molar-refractivity contribution in [2.45, 2.75) is 4.90 Å². The van der Waals surface area contributed by atoms with E-state index in [0.29, 0.717) is 22.5 Å². The molecule has 0 unspecified atom stereocenters. The summed E-state index contributed by atoms with van der Waals surface area (Å²) < 4.78 is 27.8. The van der Waals surface area contributed by atoms with Crippen molar-refractivity contribution in [3.8, 4) is 6.07 Å². The predicted octanol–water partition coefficient (Wildman–Crippen LogP) is 3.59. The molecule has 0 aliphatic rings. The summed E-state index contributed by atoms with van der Waals surface area (Å²) in [7, 11) is -3.86. The number of carbonyl (C=O) groups is 1. The Kier molecular flexibility index (Phi) is 6.15. The Hall–Kier alpha value is -4.09. The number of nitrogen functional groups attached to an aromatic ring is 1. The number of anilines is 3. The van der Waals surface area contributed by atoms with Gasteiger partial charge in [0, 0.05) is 6.08 Å². The number of para-hydroxylation sites is 2. The Morgan fingerprint density at radius 3 is 2.53 bits per heavy atom. The predicted molar refractivity (Wildman–Crippen MR) is 117 cm³/mol. The summed E-state index contributed by atoms with van der Waals surface area (Å²) in [6, 6.07) is 21.1. The van der Waals surface area contributed by atoms with Gasteiger partial charge in [-0.2, -0.15) is 5.26 Å². The number of nitrogens with zero attached hydrogens (tertiary/aromatic N) is 1. The van der Waals surface area contributed by atoms with Crippen LogP contribution in [0, 0.1) is 11.3 Å². The van der Waals surface area contributed by atoms with Crippen molar-refractivity contribution in [1.29, 1.82) is 5.26 Å². The van der Waals surface area contributed by atoms with E-state index in [1.54, 1.807) is 54.6 Å². The maximum atomic E-state index is 12.7. The lowest BCUT2D eigenvalue weighted by molar-refractivity contribution is -0.111. The van der Waals surface area contributed by atoms with Gasteiger partial charge in [0.25, 0.3) is 10.0 Å². The minimum Gasteiger partial charge on any atom is -0.397 e. The molecule has 0 saturated carbocycles. The first-order valence-electron chi connectivity index (χ1n) is 8.84. The molecular formula is C22H18N4O3S. The van der Waals surface area contributed by atoms with Gasteiger partial charge in [0.1, 0.15) is 0 Å². The molecule has 0 bridgehead atoms. The Bertz CT molecular complexity index is 1260. The number of benzene rings is 3. The normalized spacial score (nSPS) is 11.0. The number of amides is 1. The number of nitrogens with one attached hydrogen (secondary N) is 2. The van der Waals surface area contributed by atoms with Gasteiger partial charge in [-0.15, -0.1) is 0 Å². The monoisotopic (exact) mass is 418 g/mol. The number of carbonyl (C=O) groups excluding carboxylic acids is 1. The zero-order valence-corrected chi connectivity index (χ0v) is 16.6. The Balaban J connectivity index is 1.75. The molecule has 3 rings (SSSR count). The average molecular weight is 418 g/mol. The molecule has 0 spiro atoms. The lowest BCUT2D eigenvalue weighted by Gasteiger charge is -2.09. The molecular weight excluding hydrogens is 400 g/mol. The topological polar surface area (TPSA) is 125 Å². The van der Waals surface area contributed by atoms with Crippen molar-refractivity contribution in [2.75, 3.05) is 15.8 Å². The van der Waals surface area contributed by atoms with Crippen LogP contribution in [0.1, 0.15) is 11.1 Å². The van der Waals surface area contributed by atoms with Gasteiger partial charge in [-0.3, -0.25) is 9.52 Å². The van der Waals surface area contributed by atoms with Gasteiger partial charge in [0.05, 0.1) is 33.6 Å². The first-order chi connectivity index (χ1) is 14.4. The second-order valence-corrected chi connectivity index (χ2v) is 7.96. The highest BCUT2D eigenvalue weighted by Gasteiger charge is 2.14. The highest BCUT2D eigenvalue weighted by Crippen LogP contribution is 2.19. The summed E-state index contributed by atoms with van der Waals surface area (Å²) in [6.07, 6.45) is 2.80. The molecule has 3 aromatic carbocycles. The lowest BCUT2D eigenvalue weighted by Crippen LogP contribution is -2.13. The Morgan fingerprint density at radius 2 is 1.77 bits per heavy atom. The number of hydrogen-bond acceptors (Lipinski definition) is 5. The second kappa shape index (κ2) is 8.94. The summed E-state index contributed by atoms with van der Waals surface area (Å²) in [6.45, 7) is 0. The summed E-state index contributed by atoms with van der Waals surface area (Å²) in [4.78, 5) is 12.1. The molecule has 0 radical (unpaired) electrons. The van der Waals surface area contributed by atoms with E-state index >= 15 is 0 Å². The number of rotatable bonds is 6. The molecule has 0 fully saturated rings. The quantitative estimate of drug-likeness (QED) is 0.417. The van der Waals surface area contributed by atoms with Crippen molar-refractivity contribution < 1.29 is 13.2 Å².